The third-order valence-electron chi connectivity index (χ3n) is 19.1. The zero-order chi connectivity index (χ0) is 66.5. The SMILES string of the molecule is C1CC1.CCC.CCCC.CCCC(=O)C(C)CC1CC(CC)N(CCCCCC(C)=O)C1.CCCCCC(C)CC.CCCCCCCCC(CCCCCCCC)C1CC1C(=O)CCCCCCCOC.CCCCCCCCCCCC(C)CC. The van der Waals surface area contributed by atoms with Gasteiger partial charge in [0.05, 0.1) is 0 Å². The van der Waals surface area contributed by atoms with E-state index in [-0.39, 0.29) is 5.92 Å². The van der Waals surface area contributed by atoms with Crippen LogP contribution in [-0.2, 0) is 19.1 Å². The van der Waals surface area contributed by atoms with Crippen LogP contribution in [0.4, 0.5) is 0 Å². The lowest BCUT2D eigenvalue weighted by Crippen LogP contribution is -2.30. The van der Waals surface area contributed by atoms with Gasteiger partial charge in [-0.3, -0.25) is 9.59 Å². The monoisotopic (exact) mass is 1240 g/mol. The first-order valence-electron chi connectivity index (χ1n) is 40.4. The van der Waals surface area contributed by atoms with Crippen LogP contribution in [0, 0.1) is 41.4 Å². The van der Waals surface area contributed by atoms with Gasteiger partial charge < -0.3 is 14.4 Å². The van der Waals surface area contributed by atoms with Crippen molar-refractivity contribution >= 4 is 17.3 Å². The number of hydrogen-bond acceptors (Lipinski definition) is 5. The minimum Gasteiger partial charge on any atom is -0.385 e. The highest BCUT2D eigenvalue weighted by atomic mass is 16.5. The Bertz CT molecular complexity index is 1340. The van der Waals surface area contributed by atoms with Crippen molar-refractivity contribution in [2.75, 3.05) is 26.8 Å². The van der Waals surface area contributed by atoms with Gasteiger partial charge in [-0.15, -0.1) is 0 Å². The van der Waals surface area contributed by atoms with Crippen molar-refractivity contribution in [3.63, 3.8) is 0 Å². The molecule has 7 atom stereocenters. The largest absolute Gasteiger partial charge is 0.385 e. The Balaban J connectivity index is -0.000000540. The molecule has 3 aliphatic rings. The molecule has 3 fully saturated rings. The zero-order valence-corrected chi connectivity index (χ0v) is 64.1. The summed E-state index contributed by atoms with van der Waals surface area (Å²) in [5.74, 6) is 6.18. The summed E-state index contributed by atoms with van der Waals surface area (Å²) in [7, 11) is 1.77. The van der Waals surface area contributed by atoms with Crippen LogP contribution in [0.5, 0.6) is 0 Å². The Morgan fingerprint density at radius 3 is 1.25 bits per heavy atom. The second kappa shape index (κ2) is 75.0. The van der Waals surface area contributed by atoms with Crippen LogP contribution in [0.15, 0.2) is 0 Å². The molecular weight excluding hydrogens is 1070 g/mol. The van der Waals surface area contributed by atoms with Crippen molar-refractivity contribution in [2.24, 2.45) is 41.4 Å². The summed E-state index contributed by atoms with van der Waals surface area (Å²) in [5.41, 5.74) is 0. The molecule has 5 nitrogen and oxygen atoms in total. The smallest absolute Gasteiger partial charge is 0.136 e. The highest BCUT2D eigenvalue weighted by molar-refractivity contribution is 5.83. The number of Topliss-reactive ketones (excluding diaryl/α,β-unsaturated/α-hetero) is 3. The van der Waals surface area contributed by atoms with E-state index in [4.69, 9.17) is 4.74 Å². The van der Waals surface area contributed by atoms with E-state index in [0.29, 0.717) is 35.2 Å². The molecule has 1 saturated heterocycles. The first-order valence-corrected chi connectivity index (χ1v) is 40.4. The molecule has 0 radical (unpaired) electrons. The third-order valence-corrected chi connectivity index (χ3v) is 19.1. The molecule has 5 heteroatoms. The topological polar surface area (TPSA) is 63.7 Å². The number of hydrogen-bond donors (Lipinski definition) is 0. The number of nitrogens with zero attached hydrogens (tertiary/aromatic N) is 1. The van der Waals surface area contributed by atoms with E-state index in [2.05, 4.69) is 109 Å². The fourth-order valence-electron chi connectivity index (χ4n) is 12.2. The molecule has 0 N–H and O–H groups in total. The quantitative estimate of drug-likeness (QED) is 0.0568. The van der Waals surface area contributed by atoms with Crippen LogP contribution in [0.1, 0.15) is 445 Å². The van der Waals surface area contributed by atoms with E-state index < -0.39 is 0 Å². The molecule has 0 amide bonds. The summed E-state index contributed by atoms with van der Waals surface area (Å²) in [6.07, 6.45) is 68.2. The summed E-state index contributed by atoms with van der Waals surface area (Å²) in [6, 6.07) is 0.696. The molecule has 88 heavy (non-hydrogen) atoms. The normalized spacial score (nSPS) is 17.4. The standard InChI is InChI=1S/C29H56O2.C20H37NO2.C15H32.C9H20.C4H10.C3H6.C3H8/c1-4-6-8-10-13-17-21-26(22-18-14-11-9-7-5-2)27-25-28(27)29(30)23-19-15-12-16-20-24-31-3;1-5-10-20(23)16(3)13-18-14-19(6-2)21(15-18)12-9-7-8-11-17(4)22;1-4-6-7-8-9-10-11-12-13-14-15(3)5-2;1-4-6-7-8-9(3)5-2;1-3-4-2;1-2-3-1;1-3-2/h26-28H,4-25H2,1-3H3;16,18-19H,5-15H2,1-4H3;15H,4-14H2,1-3H3;9H,4-8H2,1-3H3;3-4H2,1-2H3;1-3H2;3H2,1-2H3. The highest BCUT2D eigenvalue weighted by Gasteiger charge is 2.46. The second-order valence-corrected chi connectivity index (χ2v) is 28.8. The molecule has 530 valence electrons. The number of likely N-dealkylation sites (tertiary alicyclic amines) is 1. The van der Waals surface area contributed by atoms with E-state index in [1.807, 2.05) is 0 Å². The number of carbonyl (C=O) groups excluding carboxylic acids is 3. The summed E-state index contributed by atoms with van der Waals surface area (Å²) < 4.78 is 5.11. The van der Waals surface area contributed by atoms with Crippen LogP contribution in [0.2, 0.25) is 0 Å². The van der Waals surface area contributed by atoms with Gasteiger partial charge in [-0.2, -0.15) is 0 Å². The van der Waals surface area contributed by atoms with Gasteiger partial charge >= 0.3 is 0 Å². The Labute approximate surface area is 557 Å². The Kier molecular flexibility index (Phi) is 79.5. The molecule has 3 rings (SSSR count). The first-order chi connectivity index (χ1) is 42.7. The van der Waals surface area contributed by atoms with Crippen molar-refractivity contribution in [3.8, 4) is 0 Å². The van der Waals surface area contributed by atoms with Gasteiger partial charge in [0.1, 0.15) is 17.3 Å². The van der Waals surface area contributed by atoms with Gasteiger partial charge in [0.2, 0.25) is 0 Å². The minimum absolute atomic E-state index is 0.230. The zero-order valence-electron chi connectivity index (χ0n) is 64.1. The number of methoxy groups -OCH3 is 1. The number of rotatable bonds is 53. The van der Waals surface area contributed by atoms with Crippen molar-refractivity contribution in [1.82, 2.24) is 4.90 Å². The van der Waals surface area contributed by atoms with Crippen molar-refractivity contribution in [3.05, 3.63) is 0 Å². The molecule has 7 unspecified atom stereocenters. The van der Waals surface area contributed by atoms with Crippen LogP contribution < -0.4 is 0 Å². The molecule has 0 aromatic heterocycles. The van der Waals surface area contributed by atoms with Gasteiger partial charge in [-0.1, -0.05) is 361 Å². The van der Waals surface area contributed by atoms with E-state index in [0.717, 1.165) is 101 Å². The molecule has 0 bridgehead atoms. The average molecular weight is 1250 g/mol. The van der Waals surface area contributed by atoms with E-state index in [1.54, 1.807) is 14.0 Å². The summed E-state index contributed by atoms with van der Waals surface area (Å²) >= 11 is 0. The average Bonchev–Trinajstić information content (AvgIpc) is 2.49. The molecule has 2 aliphatic carbocycles. The predicted octanol–water partition coefficient (Wildman–Crippen LogP) is 27.9. The van der Waals surface area contributed by atoms with Gasteiger partial charge in [0.25, 0.3) is 0 Å². The third kappa shape index (κ3) is 69.3. The lowest BCUT2D eigenvalue weighted by atomic mass is 9.88. The van der Waals surface area contributed by atoms with Gasteiger partial charge in [0.15, 0.2) is 0 Å². The second-order valence-electron chi connectivity index (χ2n) is 28.8. The van der Waals surface area contributed by atoms with Crippen molar-refractivity contribution < 1.29 is 19.1 Å². The van der Waals surface area contributed by atoms with Crippen LogP contribution in [0.3, 0.4) is 0 Å². The fraction of sp³-hybridized carbons (Fsp3) is 0.964. The van der Waals surface area contributed by atoms with Crippen LogP contribution >= 0.6 is 0 Å². The van der Waals surface area contributed by atoms with Crippen molar-refractivity contribution in [1.29, 1.82) is 0 Å². The van der Waals surface area contributed by atoms with E-state index in [9.17, 15) is 14.4 Å². The Hall–Kier alpha value is -1.07. The fourth-order valence-corrected chi connectivity index (χ4v) is 12.2. The highest BCUT2D eigenvalue weighted by Crippen LogP contribution is 2.49. The van der Waals surface area contributed by atoms with E-state index >= 15 is 0 Å². The maximum absolute atomic E-state index is 12.7. The predicted molar refractivity (Wildman–Crippen MR) is 398 cm³/mol. The van der Waals surface area contributed by atoms with Crippen LogP contribution in [0.25, 0.3) is 0 Å². The minimum atomic E-state index is 0.230. The molecule has 1 heterocycles. The molecular formula is C83H169NO4. The van der Waals surface area contributed by atoms with Gasteiger partial charge in [0, 0.05) is 57.4 Å². The Morgan fingerprint density at radius 2 is 0.841 bits per heavy atom. The lowest BCUT2D eigenvalue weighted by Gasteiger charge is -2.23. The summed E-state index contributed by atoms with van der Waals surface area (Å²) in [4.78, 5) is 38.4. The Morgan fingerprint density at radius 1 is 0.443 bits per heavy atom. The number of carbonyl (C=O) groups is 3. The van der Waals surface area contributed by atoms with Gasteiger partial charge in [-0.05, 0) is 101 Å². The first kappa shape index (κ1) is 93.3. The van der Waals surface area contributed by atoms with Crippen LogP contribution in [-0.4, -0.2) is 55.1 Å². The maximum atomic E-state index is 12.7. The molecule has 0 aromatic carbocycles. The summed E-state index contributed by atoms with van der Waals surface area (Å²) in [5, 5.41) is 0. The number of ether oxygens (including phenoxy) is 1. The maximum Gasteiger partial charge on any atom is 0.136 e. The van der Waals surface area contributed by atoms with Crippen molar-refractivity contribution in [2.45, 2.75) is 451 Å². The van der Waals surface area contributed by atoms with Gasteiger partial charge in [-0.25, -0.2) is 0 Å². The molecule has 1 aliphatic heterocycles. The molecule has 0 aromatic rings. The van der Waals surface area contributed by atoms with E-state index in [1.165, 1.54) is 276 Å². The number of unbranched alkanes of at least 4 members (excludes halogenated alkanes) is 27. The lowest BCUT2D eigenvalue weighted by molar-refractivity contribution is -0.123. The molecule has 2 saturated carbocycles. The number of ketones is 3. The molecule has 0 spiro atoms. The summed E-state index contributed by atoms with van der Waals surface area (Å²) in [6.45, 7) is 38.4.